The molecule has 1 aliphatic rings. The second-order valence-electron chi connectivity index (χ2n) is 5.24. The van der Waals surface area contributed by atoms with Gasteiger partial charge in [-0.1, -0.05) is 18.2 Å². The van der Waals surface area contributed by atoms with E-state index in [9.17, 15) is 10.1 Å². The number of anilines is 1. The average Bonchev–Trinajstić information content (AvgIpc) is 2.68. The van der Waals surface area contributed by atoms with Crippen molar-refractivity contribution in [2.45, 2.75) is 6.42 Å². The number of carbonyl (C=O) groups is 1. The Bertz CT molecular complexity index is 735. The largest absolute Gasteiger partial charge is 0.360 e. The SMILES string of the molecule is CN1CCCN(c2c(C#N)cnc3ccccc23)CC1=O. The van der Waals surface area contributed by atoms with E-state index in [2.05, 4.69) is 11.1 Å². The molecule has 1 aromatic carbocycles. The highest BCUT2D eigenvalue weighted by Gasteiger charge is 2.22. The first-order chi connectivity index (χ1) is 10.2. The molecule has 5 nitrogen and oxygen atoms in total. The van der Waals surface area contributed by atoms with Crippen LogP contribution in [0.2, 0.25) is 0 Å². The Hall–Kier alpha value is -2.61. The summed E-state index contributed by atoms with van der Waals surface area (Å²) in [7, 11) is 1.82. The number of pyridine rings is 1. The number of benzene rings is 1. The molecule has 0 aliphatic carbocycles. The maximum Gasteiger partial charge on any atom is 0.241 e. The molecule has 0 bridgehead atoms. The minimum Gasteiger partial charge on any atom is -0.360 e. The lowest BCUT2D eigenvalue weighted by Crippen LogP contribution is -2.34. The van der Waals surface area contributed by atoms with Gasteiger partial charge >= 0.3 is 0 Å². The van der Waals surface area contributed by atoms with Gasteiger partial charge in [0.25, 0.3) is 0 Å². The molecule has 5 heteroatoms. The molecule has 1 amide bonds. The Morgan fingerprint density at radius 1 is 1.29 bits per heavy atom. The molecular formula is C16H16N4O. The summed E-state index contributed by atoms with van der Waals surface area (Å²) in [5, 5.41) is 10.3. The molecule has 0 atom stereocenters. The molecule has 1 aromatic heterocycles. The molecule has 1 aliphatic heterocycles. The molecule has 3 rings (SSSR count). The number of amides is 1. The summed E-state index contributed by atoms with van der Waals surface area (Å²) in [6.45, 7) is 1.82. The van der Waals surface area contributed by atoms with Gasteiger partial charge in [-0.3, -0.25) is 9.78 Å². The smallest absolute Gasteiger partial charge is 0.241 e. The van der Waals surface area contributed by atoms with Crippen molar-refractivity contribution in [3.63, 3.8) is 0 Å². The zero-order chi connectivity index (χ0) is 14.8. The summed E-state index contributed by atoms with van der Waals surface area (Å²) in [6.07, 6.45) is 2.49. The normalized spacial score (nSPS) is 15.9. The van der Waals surface area contributed by atoms with Crippen molar-refractivity contribution in [3.8, 4) is 6.07 Å². The van der Waals surface area contributed by atoms with Gasteiger partial charge in [0.05, 0.1) is 23.3 Å². The average molecular weight is 280 g/mol. The highest BCUT2D eigenvalue weighted by Crippen LogP contribution is 2.29. The van der Waals surface area contributed by atoms with E-state index in [-0.39, 0.29) is 5.91 Å². The fraction of sp³-hybridized carbons (Fsp3) is 0.312. The number of nitrogens with zero attached hydrogens (tertiary/aromatic N) is 4. The highest BCUT2D eigenvalue weighted by atomic mass is 16.2. The third kappa shape index (κ3) is 2.40. The number of hydrogen-bond acceptors (Lipinski definition) is 4. The van der Waals surface area contributed by atoms with Crippen molar-refractivity contribution in [1.82, 2.24) is 9.88 Å². The number of carbonyl (C=O) groups excluding carboxylic acids is 1. The molecule has 2 aromatic rings. The second-order valence-corrected chi connectivity index (χ2v) is 5.24. The van der Waals surface area contributed by atoms with E-state index >= 15 is 0 Å². The fourth-order valence-electron chi connectivity index (χ4n) is 2.73. The Balaban J connectivity index is 2.14. The van der Waals surface area contributed by atoms with Crippen LogP contribution >= 0.6 is 0 Å². The molecule has 0 saturated carbocycles. The van der Waals surface area contributed by atoms with Gasteiger partial charge < -0.3 is 9.80 Å². The summed E-state index contributed by atoms with van der Waals surface area (Å²) < 4.78 is 0. The predicted molar refractivity (Wildman–Crippen MR) is 80.9 cm³/mol. The van der Waals surface area contributed by atoms with Crippen molar-refractivity contribution in [2.24, 2.45) is 0 Å². The standard InChI is InChI=1S/C16H16N4O/c1-19-7-4-8-20(11-15(19)21)16-12(9-17)10-18-14-6-3-2-5-13(14)16/h2-3,5-6,10H,4,7-8,11H2,1H3. The van der Waals surface area contributed by atoms with Gasteiger partial charge in [0.2, 0.25) is 5.91 Å². The van der Waals surface area contributed by atoms with Crippen molar-refractivity contribution < 1.29 is 4.79 Å². The van der Waals surface area contributed by atoms with Crippen LogP contribution < -0.4 is 4.90 Å². The maximum absolute atomic E-state index is 12.1. The lowest BCUT2D eigenvalue weighted by molar-refractivity contribution is -0.127. The first-order valence-corrected chi connectivity index (χ1v) is 6.97. The van der Waals surface area contributed by atoms with Crippen LogP contribution in [0, 0.1) is 11.3 Å². The first-order valence-electron chi connectivity index (χ1n) is 6.97. The fourth-order valence-corrected chi connectivity index (χ4v) is 2.73. The summed E-state index contributed by atoms with van der Waals surface area (Å²) in [6, 6.07) is 9.93. The van der Waals surface area contributed by atoms with Crippen LogP contribution in [0.4, 0.5) is 5.69 Å². The van der Waals surface area contributed by atoms with E-state index in [1.165, 1.54) is 0 Å². The number of hydrogen-bond donors (Lipinski definition) is 0. The van der Waals surface area contributed by atoms with Crippen molar-refractivity contribution >= 4 is 22.5 Å². The van der Waals surface area contributed by atoms with Gasteiger partial charge in [0.1, 0.15) is 6.07 Å². The van der Waals surface area contributed by atoms with E-state index in [1.54, 1.807) is 11.1 Å². The summed E-state index contributed by atoms with van der Waals surface area (Å²) >= 11 is 0. The van der Waals surface area contributed by atoms with E-state index in [0.29, 0.717) is 12.1 Å². The number of fused-ring (bicyclic) bond motifs is 1. The quantitative estimate of drug-likeness (QED) is 0.799. The second kappa shape index (κ2) is 5.41. The van der Waals surface area contributed by atoms with Crippen LogP contribution in [0.25, 0.3) is 10.9 Å². The lowest BCUT2D eigenvalue weighted by Gasteiger charge is -2.24. The maximum atomic E-state index is 12.1. The van der Waals surface area contributed by atoms with Gasteiger partial charge in [0, 0.05) is 31.7 Å². The minimum atomic E-state index is 0.0808. The number of likely N-dealkylation sites (N-methyl/N-ethyl adjacent to an activating group) is 1. The third-order valence-electron chi connectivity index (χ3n) is 3.86. The molecule has 0 spiro atoms. The highest BCUT2D eigenvalue weighted by molar-refractivity contribution is 5.96. The molecular weight excluding hydrogens is 264 g/mol. The monoisotopic (exact) mass is 280 g/mol. The molecule has 0 unspecified atom stereocenters. The summed E-state index contributed by atoms with van der Waals surface area (Å²) in [4.78, 5) is 20.2. The van der Waals surface area contributed by atoms with Gasteiger partial charge in [-0.2, -0.15) is 5.26 Å². The molecule has 1 saturated heterocycles. The Morgan fingerprint density at radius 3 is 2.90 bits per heavy atom. The molecule has 21 heavy (non-hydrogen) atoms. The number of rotatable bonds is 1. The van der Waals surface area contributed by atoms with Gasteiger partial charge in [-0.15, -0.1) is 0 Å². The summed E-state index contributed by atoms with van der Waals surface area (Å²) in [5.41, 5.74) is 2.19. The number of para-hydroxylation sites is 1. The van der Waals surface area contributed by atoms with Crippen LogP contribution in [0.1, 0.15) is 12.0 Å². The number of nitriles is 1. The first kappa shape index (κ1) is 13.4. The Morgan fingerprint density at radius 2 is 2.10 bits per heavy atom. The van der Waals surface area contributed by atoms with Crippen LogP contribution in [0.5, 0.6) is 0 Å². The molecule has 1 fully saturated rings. The molecule has 106 valence electrons. The van der Waals surface area contributed by atoms with Crippen molar-refractivity contribution in [1.29, 1.82) is 5.26 Å². The van der Waals surface area contributed by atoms with Crippen LogP contribution in [-0.2, 0) is 4.79 Å². The predicted octanol–water partition coefficient (Wildman–Crippen LogP) is 1.77. The Labute approximate surface area is 123 Å². The third-order valence-corrected chi connectivity index (χ3v) is 3.86. The minimum absolute atomic E-state index is 0.0808. The molecule has 2 heterocycles. The van der Waals surface area contributed by atoms with Gasteiger partial charge in [-0.25, -0.2) is 0 Å². The molecule has 0 N–H and O–H groups in total. The zero-order valence-corrected chi connectivity index (χ0v) is 11.9. The lowest BCUT2D eigenvalue weighted by atomic mass is 10.1. The van der Waals surface area contributed by atoms with Gasteiger partial charge in [0.15, 0.2) is 0 Å². The van der Waals surface area contributed by atoms with Crippen LogP contribution in [-0.4, -0.2) is 42.5 Å². The summed E-state index contributed by atoms with van der Waals surface area (Å²) in [5.74, 6) is 0.0808. The zero-order valence-electron chi connectivity index (χ0n) is 11.9. The van der Waals surface area contributed by atoms with Crippen molar-refractivity contribution in [3.05, 3.63) is 36.0 Å². The van der Waals surface area contributed by atoms with Crippen molar-refractivity contribution in [2.75, 3.05) is 31.6 Å². The van der Waals surface area contributed by atoms with E-state index < -0.39 is 0 Å². The Kier molecular flexibility index (Phi) is 3.44. The van der Waals surface area contributed by atoms with E-state index in [4.69, 9.17) is 0 Å². The van der Waals surface area contributed by atoms with E-state index in [0.717, 1.165) is 36.1 Å². The van der Waals surface area contributed by atoms with Crippen LogP contribution in [0.3, 0.4) is 0 Å². The molecule has 0 radical (unpaired) electrons. The topological polar surface area (TPSA) is 60.2 Å². The van der Waals surface area contributed by atoms with Crippen LogP contribution in [0.15, 0.2) is 30.5 Å². The number of aromatic nitrogens is 1. The van der Waals surface area contributed by atoms with Gasteiger partial charge in [-0.05, 0) is 12.5 Å². The van der Waals surface area contributed by atoms with E-state index in [1.807, 2.05) is 36.2 Å².